The van der Waals surface area contributed by atoms with E-state index in [1.54, 1.807) is 23.1 Å². The Morgan fingerprint density at radius 1 is 1.10 bits per heavy atom. The fraction of sp³-hybridized carbons (Fsp3) is 0.261. The number of aromatic amines is 1. The van der Waals surface area contributed by atoms with Gasteiger partial charge in [-0.05, 0) is 63.2 Å². The molecule has 1 amide bonds. The van der Waals surface area contributed by atoms with E-state index < -0.39 is 0 Å². The van der Waals surface area contributed by atoms with Crippen LogP contribution in [-0.2, 0) is 18.6 Å². The van der Waals surface area contributed by atoms with E-state index in [9.17, 15) is 9.18 Å². The summed E-state index contributed by atoms with van der Waals surface area (Å²) in [7, 11) is 0. The molecule has 0 spiro atoms. The maximum atomic E-state index is 13.2. The summed E-state index contributed by atoms with van der Waals surface area (Å²) in [6, 6.07) is 11.7. The summed E-state index contributed by atoms with van der Waals surface area (Å²) in [5.74, 6) is 0.537. The molecule has 0 saturated carbocycles. The molecule has 1 N–H and O–H groups in total. The second-order valence-corrected chi connectivity index (χ2v) is 8.76. The van der Waals surface area contributed by atoms with Crippen LogP contribution in [0.4, 0.5) is 4.39 Å². The minimum Gasteiger partial charge on any atom is -0.327 e. The number of nitrogens with one attached hydrogen (secondary N) is 1. The average molecular weight is 418 g/mol. The zero-order valence-corrected chi connectivity index (χ0v) is 17.6. The molecule has 7 nitrogen and oxygen atoms in total. The first-order valence-corrected chi connectivity index (χ1v) is 10.2. The summed E-state index contributed by atoms with van der Waals surface area (Å²) in [5, 5.41) is 11.9. The van der Waals surface area contributed by atoms with Gasteiger partial charge in [-0.2, -0.15) is 10.2 Å². The lowest BCUT2D eigenvalue weighted by Crippen LogP contribution is -2.29. The van der Waals surface area contributed by atoms with Crippen molar-refractivity contribution in [2.24, 2.45) is 0 Å². The molecule has 3 aromatic heterocycles. The van der Waals surface area contributed by atoms with E-state index in [0.29, 0.717) is 24.5 Å². The van der Waals surface area contributed by atoms with E-state index in [-0.39, 0.29) is 17.3 Å². The zero-order valence-electron chi connectivity index (χ0n) is 17.6. The standard InChI is InChI=1S/C23H23FN6O/c1-23(2,3)30-21(28-10-4-5-11-28)17-13-29(14-20(17)27-30)22(31)19-12-18(25-26-19)15-6-8-16(24)9-7-15/h4-12H,13-14H2,1-3H3,(H,25,26). The highest BCUT2D eigenvalue weighted by Gasteiger charge is 2.34. The molecule has 0 unspecified atom stereocenters. The number of hydrogen-bond donors (Lipinski definition) is 1. The average Bonchev–Trinajstić information content (AvgIpc) is 3.49. The number of nitrogens with zero attached hydrogens (tertiary/aromatic N) is 5. The van der Waals surface area contributed by atoms with Gasteiger partial charge >= 0.3 is 0 Å². The molecule has 0 fully saturated rings. The van der Waals surface area contributed by atoms with Crippen LogP contribution in [0.25, 0.3) is 17.1 Å². The molecule has 5 rings (SSSR count). The zero-order chi connectivity index (χ0) is 21.8. The fourth-order valence-corrected chi connectivity index (χ4v) is 3.92. The van der Waals surface area contributed by atoms with Gasteiger partial charge in [-0.25, -0.2) is 9.07 Å². The fourth-order valence-electron chi connectivity index (χ4n) is 3.92. The molecule has 31 heavy (non-hydrogen) atoms. The topological polar surface area (TPSA) is 71.7 Å². The molecule has 0 atom stereocenters. The number of carbonyl (C=O) groups excluding carboxylic acids is 1. The van der Waals surface area contributed by atoms with Crippen LogP contribution >= 0.6 is 0 Å². The number of H-pyrrole nitrogens is 1. The Morgan fingerprint density at radius 3 is 2.48 bits per heavy atom. The van der Waals surface area contributed by atoms with Crippen molar-refractivity contribution >= 4 is 5.91 Å². The van der Waals surface area contributed by atoms with Gasteiger partial charge in [-0.1, -0.05) is 0 Å². The van der Waals surface area contributed by atoms with E-state index in [4.69, 9.17) is 5.10 Å². The molecule has 1 aromatic carbocycles. The van der Waals surface area contributed by atoms with Gasteiger partial charge in [-0.3, -0.25) is 9.89 Å². The van der Waals surface area contributed by atoms with E-state index in [2.05, 4.69) is 31.0 Å². The van der Waals surface area contributed by atoms with Gasteiger partial charge in [0.05, 0.1) is 30.0 Å². The molecule has 0 bridgehead atoms. The van der Waals surface area contributed by atoms with Gasteiger partial charge in [0.2, 0.25) is 0 Å². The maximum absolute atomic E-state index is 13.2. The Morgan fingerprint density at radius 2 is 1.81 bits per heavy atom. The Labute approximate surface area is 179 Å². The first-order valence-electron chi connectivity index (χ1n) is 10.2. The lowest BCUT2D eigenvalue weighted by molar-refractivity contribution is 0.0742. The van der Waals surface area contributed by atoms with Gasteiger partial charge < -0.3 is 9.47 Å². The lowest BCUT2D eigenvalue weighted by Gasteiger charge is -2.24. The van der Waals surface area contributed by atoms with Crippen molar-refractivity contribution in [2.75, 3.05) is 0 Å². The van der Waals surface area contributed by atoms with Crippen LogP contribution < -0.4 is 0 Å². The third-order valence-electron chi connectivity index (χ3n) is 5.45. The largest absolute Gasteiger partial charge is 0.327 e. The Kier molecular flexibility index (Phi) is 4.32. The number of aromatic nitrogens is 5. The highest BCUT2D eigenvalue weighted by molar-refractivity contribution is 5.93. The number of benzene rings is 1. The van der Waals surface area contributed by atoms with Crippen LogP contribution in [-0.4, -0.2) is 35.4 Å². The minimum absolute atomic E-state index is 0.139. The molecule has 158 valence electrons. The molecular weight excluding hydrogens is 395 g/mol. The number of hydrogen-bond acceptors (Lipinski definition) is 3. The molecule has 4 aromatic rings. The molecule has 0 aliphatic carbocycles. The normalized spacial score (nSPS) is 13.6. The maximum Gasteiger partial charge on any atom is 0.272 e. The smallest absolute Gasteiger partial charge is 0.272 e. The SMILES string of the molecule is CC(C)(C)n1nc2c(c1-n1cccc1)CN(C(=O)c1cc(-c3ccc(F)cc3)n[nH]1)C2. The molecule has 0 saturated heterocycles. The van der Waals surface area contributed by atoms with Gasteiger partial charge in [0.15, 0.2) is 0 Å². The Bertz CT molecular complexity index is 1240. The number of rotatable bonds is 3. The lowest BCUT2D eigenvalue weighted by atomic mass is 10.1. The quantitative estimate of drug-likeness (QED) is 0.544. The molecule has 0 radical (unpaired) electrons. The summed E-state index contributed by atoms with van der Waals surface area (Å²) in [4.78, 5) is 14.9. The predicted molar refractivity (Wildman–Crippen MR) is 114 cm³/mol. The van der Waals surface area contributed by atoms with Crippen molar-refractivity contribution in [1.82, 2.24) is 29.4 Å². The summed E-state index contributed by atoms with van der Waals surface area (Å²) in [6.45, 7) is 7.27. The highest BCUT2D eigenvalue weighted by atomic mass is 19.1. The molecule has 1 aliphatic rings. The second-order valence-electron chi connectivity index (χ2n) is 8.76. The number of fused-ring (bicyclic) bond motifs is 1. The molecule has 4 heterocycles. The van der Waals surface area contributed by atoms with E-state index in [0.717, 1.165) is 22.6 Å². The number of carbonyl (C=O) groups is 1. The monoisotopic (exact) mass is 418 g/mol. The van der Waals surface area contributed by atoms with Crippen LogP contribution in [0, 0.1) is 5.82 Å². The van der Waals surface area contributed by atoms with E-state index in [1.807, 2.05) is 33.8 Å². The van der Waals surface area contributed by atoms with Crippen LogP contribution in [0.15, 0.2) is 54.9 Å². The third kappa shape index (κ3) is 3.34. The van der Waals surface area contributed by atoms with Gasteiger partial charge in [-0.15, -0.1) is 0 Å². The van der Waals surface area contributed by atoms with Crippen molar-refractivity contribution in [1.29, 1.82) is 0 Å². The van der Waals surface area contributed by atoms with Gasteiger partial charge in [0, 0.05) is 23.5 Å². The molecule has 8 heteroatoms. The number of amides is 1. The van der Waals surface area contributed by atoms with Crippen molar-refractivity contribution in [3.63, 3.8) is 0 Å². The highest BCUT2D eigenvalue weighted by Crippen LogP contribution is 2.32. The predicted octanol–water partition coefficient (Wildman–Crippen LogP) is 4.11. The first-order chi connectivity index (χ1) is 14.8. The van der Waals surface area contributed by atoms with Crippen LogP contribution in [0.3, 0.4) is 0 Å². The van der Waals surface area contributed by atoms with Crippen molar-refractivity contribution in [3.05, 3.63) is 77.6 Å². The van der Waals surface area contributed by atoms with Gasteiger partial charge in [0.25, 0.3) is 5.91 Å². The van der Waals surface area contributed by atoms with Crippen molar-refractivity contribution in [2.45, 2.75) is 39.4 Å². The van der Waals surface area contributed by atoms with E-state index in [1.165, 1.54) is 12.1 Å². The van der Waals surface area contributed by atoms with Crippen molar-refractivity contribution < 1.29 is 9.18 Å². The van der Waals surface area contributed by atoms with Crippen molar-refractivity contribution in [3.8, 4) is 17.1 Å². The second kappa shape index (κ2) is 6.94. The van der Waals surface area contributed by atoms with E-state index >= 15 is 0 Å². The van der Waals surface area contributed by atoms with Crippen LogP contribution in [0.2, 0.25) is 0 Å². The van der Waals surface area contributed by atoms with Crippen LogP contribution in [0.5, 0.6) is 0 Å². The third-order valence-corrected chi connectivity index (χ3v) is 5.45. The van der Waals surface area contributed by atoms with Gasteiger partial charge in [0.1, 0.15) is 17.3 Å². The summed E-state index contributed by atoms with van der Waals surface area (Å²) in [6.07, 6.45) is 3.99. The summed E-state index contributed by atoms with van der Waals surface area (Å²) < 4.78 is 17.3. The number of halogens is 1. The minimum atomic E-state index is -0.309. The summed E-state index contributed by atoms with van der Waals surface area (Å²) in [5.41, 5.74) is 3.52. The molecule has 1 aliphatic heterocycles. The molecular formula is C23H23FN6O. The van der Waals surface area contributed by atoms with Crippen LogP contribution in [0.1, 0.15) is 42.5 Å². The summed E-state index contributed by atoms with van der Waals surface area (Å²) >= 11 is 0. The first kappa shape index (κ1) is 19.3. The Hall–Kier alpha value is -3.68. The Balaban J connectivity index is 1.43.